The van der Waals surface area contributed by atoms with E-state index < -0.39 is 0 Å². The summed E-state index contributed by atoms with van der Waals surface area (Å²) in [5.41, 5.74) is 2.57. The molecule has 2 aromatic carbocycles. The molecule has 2 fully saturated rings. The SMILES string of the molecule is Fc1ccc(-c2ccc(C3C(c4ccccn4)NC(=S)N3c3ccc(OC4CCCC4)cc3)o2)c(Br)c1. The maximum Gasteiger partial charge on any atom is 0.174 e. The largest absolute Gasteiger partial charge is 0.490 e. The summed E-state index contributed by atoms with van der Waals surface area (Å²) >= 11 is 9.28. The van der Waals surface area contributed by atoms with Gasteiger partial charge in [-0.25, -0.2) is 4.39 Å². The molecule has 2 aliphatic rings. The van der Waals surface area contributed by atoms with Crippen LogP contribution in [0.1, 0.15) is 49.2 Å². The van der Waals surface area contributed by atoms with Gasteiger partial charge in [-0.2, -0.15) is 0 Å². The molecular formula is C29H25BrFN3O2S. The molecule has 1 saturated heterocycles. The van der Waals surface area contributed by atoms with Gasteiger partial charge in [0.2, 0.25) is 0 Å². The average molecular weight is 579 g/mol. The molecule has 0 radical (unpaired) electrons. The molecule has 4 aromatic rings. The molecule has 0 spiro atoms. The Balaban J connectivity index is 1.36. The van der Waals surface area contributed by atoms with E-state index in [-0.39, 0.29) is 17.9 Å². The fourth-order valence-electron chi connectivity index (χ4n) is 5.15. The first-order valence-electron chi connectivity index (χ1n) is 12.4. The van der Waals surface area contributed by atoms with Crippen molar-refractivity contribution >= 4 is 38.9 Å². The maximum atomic E-state index is 13.7. The molecule has 2 aromatic heterocycles. The summed E-state index contributed by atoms with van der Waals surface area (Å²) in [5.74, 6) is 1.92. The van der Waals surface area contributed by atoms with Crippen LogP contribution in [-0.4, -0.2) is 16.2 Å². The number of benzene rings is 2. The van der Waals surface area contributed by atoms with Gasteiger partial charge in [0, 0.05) is 21.9 Å². The van der Waals surface area contributed by atoms with Crippen molar-refractivity contribution in [3.8, 4) is 17.1 Å². The van der Waals surface area contributed by atoms with Gasteiger partial charge in [0.25, 0.3) is 0 Å². The Labute approximate surface area is 228 Å². The fourth-order valence-corrected chi connectivity index (χ4v) is 6.04. The number of nitrogens with one attached hydrogen (secondary N) is 1. The number of anilines is 1. The standard InChI is InChI=1S/C29H25BrFN3O2S/c30-23-17-18(31)8-13-22(23)25-14-15-26(36-25)28-27(24-7-3-4-16-32-24)33-29(37)34(28)19-9-11-21(12-10-19)35-20-5-1-2-6-20/h3-4,7-17,20,27-28H,1-2,5-6H2,(H,33,37). The Morgan fingerprint density at radius 1 is 1.03 bits per heavy atom. The number of hydrogen-bond donors (Lipinski definition) is 1. The van der Waals surface area contributed by atoms with Crippen LogP contribution in [0.2, 0.25) is 0 Å². The molecule has 1 saturated carbocycles. The van der Waals surface area contributed by atoms with Gasteiger partial charge in [0.15, 0.2) is 5.11 Å². The quantitative estimate of drug-likeness (QED) is 0.236. The monoisotopic (exact) mass is 577 g/mol. The van der Waals surface area contributed by atoms with Crippen molar-refractivity contribution in [1.29, 1.82) is 0 Å². The molecule has 3 heterocycles. The lowest BCUT2D eigenvalue weighted by Gasteiger charge is -2.26. The first-order valence-corrected chi connectivity index (χ1v) is 13.6. The van der Waals surface area contributed by atoms with Crippen LogP contribution in [-0.2, 0) is 0 Å². The molecule has 6 rings (SSSR count). The van der Waals surface area contributed by atoms with Crippen LogP contribution in [0.4, 0.5) is 10.1 Å². The van der Waals surface area contributed by atoms with Crippen molar-refractivity contribution in [3.05, 3.63) is 101 Å². The summed E-state index contributed by atoms with van der Waals surface area (Å²) in [6.07, 6.45) is 6.76. The number of rotatable bonds is 6. The highest BCUT2D eigenvalue weighted by atomic mass is 79.9. The minimum atomic E-state index is -0.311. The minimum absolute atomic E-state index is 0.223. The van der Waals surface area contributed by atoms with E-state index in [1.165, 1.54) is 25.0 Å². The van der Waals surface area contributed by atoms with Gasteiger partial charge in [-0.3, -0.25) is 4.98 Å². The highest BCUT2D eigenvalue weighted by molar-refractivity contribution is 9.10. The van der Waals surface area contributed by atoms with E-state index in [2.05, 4.69) is 31.1 Å². The third kappa shape index (κ3) is 4.88. The zero-order chi connectivity index (χ0) is 25.4. The van der Waals surface area contributed by atoms with Crippen LogP contribution in [0, 0.1) is 5.82 Å². The number of halogens is 2. The summed E-state index contributed by atoms with van der Waals surface area (Å²) < 4.78 is 26.9. The van der Waals surface area contributed by atoms with Crippen LogP contribution >= 0.6 is 28.1 Å². The van der Waals surface area contributed by atoms with Gasteiger partial charge in [0.05, 0.1) is 17.8 Å². The van der Waals surface area contributed by atoms with Gasteiger partial charge in [-0.15, -0.1) is 0 Å². The van der Waals surface area contributed by atoms with Crippen molar-refractivity contribution in [2.45, 2.75) is 43.9 Å². The fraction of sp³-hybridized carbons (Fsp3) is 0.241. The Morgan fingerprint density at radius 3 is 2.57 bits per heavy atom. The van der Waals surface area contributed by atoms with E-state index in [1.807, 2.05) is 54.6 Å². The second kappa shape index (κ2) is 10.3. The van der Waals surface area contributed by atoms with E-state index in [0.29, 0.717) is 21.4 Å². The third-order valence-corrected chi connectivity index (χ3v) is 7.90. The number of ether oxygens (including phenoxy) is 1. The van der Waals surface area contributed by atoms with E-state index in [0.717, 1.165) is 41.3 Å². The van der Waals surface area contributed by atoms with Gasteiger partial charge in [-0.1, -0.05) is 6.07 Å². The minimum Gasteiger partial charge on any atom is -0.490 e. The Kier molecular flexibility index (Phi) is 6.69. The summed E-state index contributed by atoms with van der Waals surface area (Å²) in [6, 6.07) is 21.8. The lowest BCUT2D eigenvalue weighted by atomic mass is 10.0. The van der Waals surface area contributed by atoms with Gasteiger partial charge >= 0.3 is 0 Å². The topological polar surface area (TPSA) is 50.5 Å². The molecule has 2 unspecified atom stereocenters. The zero-order valence-electron chi connectivity index (χ0n) is 19.9. The van der Waals surface area contributed by atoms with Crippen molar-refractivity contribution in [3.63, 3.8) is 0 Å². The van der Waals surface area contributed by atoms with Crippen molar-refractivity contribution < 1.29 is 13.5 Å². The van der Waals surface area contributed by atoms with Crippen LogP contribution in [0.3, 0.4) is 0 Å². The summed E-state index contributed by atoms with van der Waals surface area (Å²) in [4.78, 5) is 6.67. The smallest absolute Gasteiger partial charge is 0.174 e. The molecule has 5 nitrogen and oxygen atoms in total. The van der Waals surface area contributed by atoms with Crippen LogP contribution < -0.4 is 15.0 Å². The average Bonchev–Trinajstić information content (AvgIpc) is 3.66. The second-order valence-electron chi connectivity index (χ2n) is 9.34. The number of furan rings is 1. The number of hydrogen-bond acceptors (Lipinski definition) is 4. The van der Waals surface area contributed by atoms with Crippen molar-refractivity contribution in [1.82, 2.24) is 10.3 Å². The summed E-state index contributed by atoms with van der Waals surface area (Å²) in [7, 11) is 0. The van der Waals surface area contributed by atoms with Gasteiger partial charge in [-0.05, 0) is 121 Å². The Bertz CT molecular complexity index is 1410. The predicted molar refractivity (Wildman–Crippen MR) is 149 cm³/mol. The van der Waals surface area contributed by atoms with E-state index in [4.69, 9.17) is 21.4 Å². The first kappa shape index (κ1) is 24.1. The normalized spacial score (nSPS) is 19.8. The van der Waals surface area contributed by atoms with E-state index in [9.17, 15) is 4.39 Å². The van der Waals surface area contributed by atoms with Gasteiger partial charge < -0.3 is 19.4 Å². The van der Waals surface area contributed by atoms with Gasteiger partial charge in [0.1, 0.15) is 29.1 Å². The lowest BCUT2D eigenvalue weighted by Crippen LogP contribution is -2.29. The molecule has 0 amide bonds. The molecule has 1 N–H and O–H groups in total. The molecule has 0 bridgehead atoms. The maximum absolute atomic E-state index is 13.7. The second-order valence-corrected chi connectivity index (χ2v) is 10.6. The highest BCUT2D eigenvalue weighted by Gasteiger charge is 2.42. The molecular weight excluding hydrogens is 553 g/mol. The molecule has 37 heavy (non-hydrogen) atoms. The molecule has 188 valence electrons. The third-order valence-electron chi connectivity index (χ3n) is 6.93. The van der Waals surface area contributed by atoms with E-state index >= 15 is 0 Å². The van der Waals surface area contributed by atoms with Crippen LogP contribution in [0.25, 0.3) is 11.3 Å². The Morgan fingerprint density at radius 2 is 1.84 bits per heavy atom. The summed E-state index contributed by atoms with van der Waals surface area (Å²) in [5, 5.41) is 4.04. The summed E-state index contributed by atoms with van der Waals surface area (Å²) in [6.45, 7) is 0. The molecule has 8 heteroatoms. The molecule has 1 aliphatic heterocycles. The number of thiocarbonyl (C=S) groups is 1. The number of aromatic nitrogens is 1. The van der Waals surface area contributed by atoms with E-state index in [1.54, 1.807) is 12.3 Å². The molecule has 2 atom stereocenters. The predicted octanol–water partition coefficient (Wildman–Crippen LogP) is 7.74. The van der Waals surface area contributed by atoms with Crippen molar-refractivity contribution in [2.75, 3.05) is 4.90 Å². The number of pyridine rings is 1. The first-order chi connectivity index (χ1) is 18.1. The van der Waals surface area contributed by atoms with Crippen LogP contribution in [0.5, 0.6) is 5.75 Å². The Hall–Kier alpha value is -3.23. The lowest BCUT2D eigenvalue weighted by molar-refractivity contribution is 0.210. The van der Waals surface area contributed by atoms with Crippen LogP contribution in [0.15, 0.2) is 87.9 Å². The highest BCUT2D eigenvalue weighted by Crippen LogP contribution is 2.44. The molecule has 1 aliphatic carbocycles. The zero-order valence-corrected chi connectivity index (χ0v) is 22.3. The number of nitrogens with zero attached hydrogens (tertiary/aromatic N) is 2. The van der Waals surface area contributed by atoms with Crippen molar-refractivity contribution in [2.24, 2.45) is 0 Å².